The molecule has 3 rings (SSSR count). The van der Waals surface area contributed by atoms with E-state index in [0.29, 0.717) is 11.5 Å². The van der Waals surface area contributed by atoms with E-state index in [4.69, 9.17) is 21.1 Å². The van der Waals surface area contributed by atoms with Gasteiger partial charge in [0.1, 0.15) is 6.17 Å². The topological polar surface area (TPSA) is 63.7 Å². The average Bonchev–Trinajstić information content (AvgIpc) is 2.80. The van der Waals surface area contributed by atoms with Crippen LogP contribution in [0.4, 0.5) is 11.5 Å². The Morgan fingerprint density at radius 2 is 2.26 bits per heavy atom. The number of aromatic nitrogens is 1. The lowest BCUT2D eigenvalue weighted by atomic mass is 10.1. The molecular weight excluding hydrogens is 318 g/mol. The summed E-state index contributed by atoms with van der Waals surface area (Å²) >= 11 is 6.32. The molecule has 6 nitrogen and oxygen atoms in total. The molecule has 126 valence electrons. The van der Waals surface area contributed by atoms with E-state index < -0.39 is 5.97 Å². The third-order valence-corrected chi connectivity index (χ3v) is 4.22. The molecule has 0 aromatic carbocycles. The highest BCUT2D eigenvalue weighted by atomic mass is 35.5. The third-order valence-electron chi connectivity index (χ3n) is 3.98. The standard InChI is InChI=1S/C16H22ClN3O3/c1-9(2)23-16(21)12-4-5-13-14(18-12)19-15(10(3)17)20(13)8-11-6-7-22-11/h4-5,9-11,15H,6-8H2,1-3H3,(H,18,19)/t10-,11?,15?/m0/s1. The molecule has 2 unspecified atom stereocenters. The summed E-state index contributed by atoms with van der Waals surface area (Å²) in [5, 5.41) is 3.19. The van der Waals surface area contributed by atoms with Gasteiger partial charge >= 0.3 is 5.97 Å². The highest BCUT2D eigenvalue weighted by Gasteiger charge is 2.36. The second-order valence-corrected chi connectivity index (χ2v) is 6.91. The highest BCUT2D eigenvalue weighted by Crippen LogP contribution is 2.36. The lowest BCUT2D eigenvalue weighted by Crippen LogP contribution is -2.48. The molecule has 0 bridgehead atoms. The van der Waals surface area contributed by atoms with Crippen molar-refractivity contribution in [2.24, 2.45) is 0 Å². The van der Waals surface area contributed by atoms with Gasteiger partial charge in [0.15, 0.2) is 11.5 Å². The van der Waals surface area contributed by atoms with E-state index in [-0.39, 0.29) is 23.8 Å². The Bertz CT molecular complexity index is 590. The van der Waals surface area contributed by atoms with Gasteiger partial charge in [0.2, 0.25) is 0 Å². The number of hydrogen-bond donors (Lipinski definition) is 1. The Morgan fingerprint density at radius 1 is 1.52 bits per heavy atom. The van der Waals surface area contributed by atoms with E-state index >= 15 is 0 Å². The van der Waals surface area contributed by atoms with E-state index in [0.717, 1.165) is 25.3 Å². The monoisotopic (exact) mass is 339 g/mol. The van der Waals surface area contributed by atoms with Crippen LogP contribution >= 0.6 is 11.6 Å². The van der Waals surface area contributed by atoms with Crippen LogP contribution in [0.5, 0.6) is 0 Å². The van der Waals surface area contributed by atoms with Crippen molar-refractivity contribution in [1.29, 1.82) is 0 Å². The van der Waals surface area contributed by atoms with Gasteiger partial charge in [-0.3, -0.25) is 0 Å². The second kappa shape index (κ2) is 6.53. The smallest absolute Gasteiger partial charge is 0.357 e. The Kier molecular flexibility index (Phi) is 4.64. The number of nitrogens with zero attached hydrogens (tertiary/aromatic N) is 2. The quantitative estimate of drug-likeness (QED) is 0.657. The fraction of sp³-hybridized carbons (Fsp3) is 0.625. The minimum Gasteiger partial charge on any atom is -0.458 e. The third kappa shape index (κ3) is 3.38. The summed E-state index contributed by atoms with van der Waals surface area (Å²) in [5.41, 5.74) is 1.24. The van der Waals surface area contributed by atoms with Crippen LogP contribution in [0.2, 0.25) is 0 Å². The summed E-state index contributed by atoms with van der Waals surface area (Å²) in [5.74, 6) is 0.251. The molecular formula is C16H22ClN3O3. The molecule has 1 saturated heterocycles. The molecule has 0 amide bonds. The van der Waals surface area contributed by atoms with Crippen LogP contribution in [0.3, 0.4) is 0 Å². The fourth-order valence-electron chi connectivity index (χ4n) is 2.77. The molecule has 0 saturated carbocycles. The Balaban J connectivity index is 1.82. The molecule has 23 heavy (non-hydrogen) atoms. The molecule has 1 aromatic heterocycles. The van der Waals surface area contributed by atoms with Gasteiger partial charge in [-0.1, -0.05) is 0 Å². The van der Waals surface area contributed by atoms with E-state index in [1.165, 1.54) is 0 Å². The number of carbonyl (C=O) groups excluding carboxylic acids is 1. The summed E-state index contributed by atoms with van der Waals surface area (Å²) in [7, 11) is 0. The number of halogens is 1. The fourth-order valence-corrected chi connectivity index (χ4v) is 2.97. The number of rotatable bonds is 5. The van der Waals surface area contributed by atoms with Crippen molar-refractivity contribution in [3.05, 3.63) is 17.8 Å². The molecule has 2 aliphatic heterocycles. The van der Waals surface area contributed by atoms with Gasteiger partial charge in [-0.25, -0.2) is 9.78 Å². The largest absolute Gasteiger partial charge is 0.458 e. The van der Waals surface area contributed by atoms with E-state index in [2.05, 4.69) is 15.2 Å². The van der Waals surface area contributed by atoms with Crippen LogP contribution in [0.15, 0.2) is 12.1 Å². The molecule has 1 fully saturated rings. The maximum absolute atomic E-state index is 12.0. The molecule has 1 aromatic rings. The summed E-state index contributed by atoms with van der Waals surface area (Å²) in [6, 6.07) is 3.59. The maximum Gasteiger partial charge on any atom is 0.357 e. The number of carbonyl (C=O) groups is 1. The lowest BCUT2D eigenvalue weighted by molar-refractivity contribution is -0.0449. The summed E-state index contributed by atoms with van der Waals surface area (Å²) in [4.78, 5) is 18.6. The number of pyridine rings is 1. The molecule has 7 heteroatoms. The summed E-state index contributed by atoms with van der Waals surface area (Å²) in [6.07, 6.45) is 1.04. The van der Waals surface area contributed by atoms with Crippen molar-refractivity contribution in [3.8, 4) is 0 Å². The van der Waals surface area contributed by atoms with Crippen LogP contribution in [0, 0.1) is 0 Å². The van der Waals surface area contributed by atoms with E-state index in [1.54, 1.807) is 6.07 Å². The maximum atomic E-state index is 12.0. The van der Waals surface area contributed by atoms with Gasteiger partial charge in [0.05, 0.1) is 23.3 Å². The van der Waals surface area contributed by atoms with Crippen molar-refractivity contribution in [3.63, 3.8) is 0 Å². The van der Waals surface area contributed by atoms with Crippen LogP contribution in [0.1, 0.15) is 37.7 Å². The first kappa shape index (κ1) is 16.3. The second-order valence-electron chi connectivity index (χ2n) is 6.22. The van der Waals surface area contributed by atoms with Gasteiger partial charge in [-0.05, 0) is 39.3 Å². The minimum absolute atomic E-state index is 0.0697. The van der Waals surface area contributed by atoms with Crippen molar-refractivity contribution in [2.45, 2.75) is 50.9 Å². The number of anilines is 2. The van der Waals surface area contributed by atoms with Crippen molar-refractivity contribution in [1.82, 2.24) is 4.98 Å². The minimum atomic E-state index is -0.416. The van der Waals surface area contributed by atoms with Gasteiger partial charge in [0.25, 0.3) is 0 Å². The predicted molar refractivity (Wildman–Crippen MR) is 89.2 cm³/mol. The van der Waals surface area contributed by atoms with Crippen molar-refractivity contribution < 1.29 is 14.3 Å². The Hall–Kier alpha value is -1.53. The highest BCUT2D eigenvalue weighted by molar-refractivity contribution is 6.21. The van der Waals surface area contributed by atoms with Crippen LogP contribution < -0.4 is 10.2 Å². The molecule has 0 aliphatic carbocycles. The average molecular weight is 340 g/mol. The van der Waals surface area contributed by atoms with Crippen LogP contribution in [0.25, 0.3) is 0 Å². The Labute approximate surface area is 141 Å². The number of alkyl halides is 1. The first-order valence-electron chi connectivity index (χ1n) is 7.96. The summed E-state index contributed by atoms with van der Waals surface area (Å²) in [6.45, 7) is 7.15. The number of ether oxygens (including phenoxy) is 2. The zero-order chi connectivity index (χ0) is 16.6. The molecule has 0 radical (unpaired) electrons. The zero-order valence-electron chi connectivity index (χ0n) is 13.6. The Morgan fingerprint density at radius 3 is 2.83 bits per heavy atom. The summed E-state index contributed by atoms with van der Waals surface area (Å²) < 4.78 is 10.7. The van der Waals surface area contributed by atoms with Gasteiger partial charge < -0.3 is 19.7 Å². The number of fused-ring (bicyclic) bond motifs is 1. The number of nitrogens with one attached hydrogen (secondary N) is 1. The van der Waals surface area contributed by atoms with Gasteiger partial charge in [-0.2, -0.15) is 0 Å². The number of esters is 1. The first-order valence-corrected chi connectivity index (χ1v) is 8.40. The van der Waals surface area contributed by atoms with Gasteiger partial charge in [-0.15, -0.1) is 11.6 Å². The van der Waals surface area contributed by atoms with E-state index in [9.17, 15) is 4.79 Å². The number of hydrogen-bond acceptors (Lipinski definition) is 6. The molecule has 2 aliphatic rings. The zero-order valence-corrected chi connectivity index (χ0v) is 14.3. The molecule has 1 N–H and O–H groups in total. The van der Waals surface area contributed by atoms with Crippen molar-refractivity contribution >= 4 is 29.1 Å². The molecule has 3 atom stereocenters. The first-order chi connectivity index (χ1) is 11.0. The SMILES string of the molecule is CC(C)OC(=O)c1ccc2c(n1)NC([C@H](C)Cl)N2CC1CCO1. The van der Waals surface area contributed by atoms with Crippen LogP contribution in [-0.4, -0.2) is 47.9 Å². The molecule has 3 heterocycles. The van der Waals surface area contributed by atoms with Gasteiger partial charge in [0, 0.05) is 13.2 Å². The predicted octanol–water partition coefficient (Wildman–Crippen LogP) is 2.62. The van der Waals surface area contributed by atoms with E-state index in [1.807, 2.05) is 26.8 Å². The molecule has 0 spiro atoms. The van der Waals surface area contributed by atoms with Crippen LogP contribution in [-0.2, 0) is 9.47 Å². The normalized spacial score (nSPS) is 24.0. The lowest BCUT2D eigenvalue weighted by Gasteiger charge is -2.35. The van der Waals surface area contributed by atoms with Crippen molar-refractivity contribution in [2.75, 3.05) is 23.4 Å².